The van der Waals surface area contributed by atoms with Crippen LogP contribution in [-0.4, -0.2) is 17.1 Å². The van der Waals surface area contributed by atoms with E-state index < -0.39 is 0 Å². The van der Waals surface area contributed by atoms with Crippen molar-refractivity contribution in [1.82, 2.24) is 10.4 Å². The van der Waals surface area contributed by atoms with E-state index in [1.165, 1.54) is 0 Å². The van der Waals surface area contributed by atoms with Crippen molar-refractivity contribution in [3.05, 3.63) is 70.9 Å². The number of carbonyl (C=O) groups is 1. The van der Waals surface area contributed by atoms with E-state index in [1.54, 1.807) is 30.5 Å². The van der Waals surface area contributed by atoms with Gasteiger partial charge in [0.1, 0.15) is 0 Å². The van der Waals surface area contributed by atoms with Crippen LogP contribution in [0.15, 0.2) is 59.8 Å². The van der Waals surface area contributed by atoms with Crippen molar-refractivity contribution in [1.29, 1.82) is 0 Å². The van der Waals surface area contributed by atoms with Gasteiger partial charge in [-0.15, -0.1) is 0 Å². The Morgan fingerprint density at radius 1 is 1.19 bits per heavy atom. The molecule has 3 aromatic rings. The highest BCUT2D eigenvalue weighted by atomic mass is 35.5. The van der Waals surface area contributed by atoms with Crippen LogP contribution in [-0.2, 0) is 0 Å². The molecule has 4 nitrogen and oxygen atoms in total. The zero-order valence-corrected chi connectivity index (χ0v) is 11.8. The van der Waals surface area contributed by atoms with Crippen molar-refractivity contribution in [3.8, 4) is 0 Å². The smallest absolute Gasteiger partial charge is 0.271 e. The van der Waals surface area contributed by atoms with Crippen LogP contribution in [0.25, 0.3) is 10.9 Å². The molecule has 2 N–H and O–H groups in total. The number of aromatic amines is 1. The fourth-order valence-electron chi connectivity index (χ4n) is 2.06. The van der Waals surface area contributed by atoms with Gasteiger partial charge in [-0.25, -0.2) is 5.43 Å². The molecule has 1 heterocycles. The number of amides is 1. The highest BCUT2D eigenvalue weighted by molar-refractivity contribution is 6.30. The minimum Gasteiger partial charge on any atom is -0.361 e. The first kappa shape index (κ1) is 13.4. The van der Waals surface area contributed by atoms with Crippen LogP contribution in [0.3, 0.4) is 0 Å². The maximum atomic E-state index is 11.9. The molecule has 1 aromatic heterocycles. The number of H-pyrrole nitrogens is 1. The monoisotopic (exact) mass is 297 g/mol. The van der Waals surface area contributed by atoms with Crippen molar-refractivity contribution >= 4 is 34.6 Å². The zero-order valence-electron chi connectivity index (χ0n) is 11.0. The van der Waals surface area contributed by atoms with Crippen LogP contribution in [0, 0.1) is 0 Å². The predicted octanol–water partition coefficient (Wildman–Crippen LogP) is 3.59. The lowest BCUT2D eigenvalue weighted by molar-refractivity contribution is 0.0955. The number of hydrazone groups is 1. The van der Waals surface area contributed by atoms with Crippen molar-refractivity contribution in [3.63, 3.8) is 0 Å². The summed E-state index contributed by atoms with van der Waals surface area (Å²) in [7, 11) is 0. The Kier molecular flexibility index (Phi) is 3.71. The fraction of sp³-hybridized carbons (Fsp3) is 0. The summed E-state index contributed by atoms with van der Waals surface area (Å²) >= 11 is 5.85. The summed E-state index contributed by atoms with van der Waals surface area (Å²) < 4.78 is 0. The zero-order chi connectivity index (χ0) is 14.7. The first-order valence-electron chi connectivity index (χ1n) is 6.39. The van der Waals surface area contributed by atoms with Gasteiger partial charge in [-0.2, -0.15) is 5.10 Å². The Morgan fingerprint density at radius 2 is 2.05 bits per heavy atom. The molecule has 104 valence electrons. The number of rotatable bonds is 3. The lowest BCUT2D eigenvalue weighted by Crippen LogP contribution is -2.17. The van der Waals surface area contributed by atoms with Gasteiger partial charge >= 0.3 is 0 Å². The van der Waals surface area contributed by atoms with E-state index in [0.717, 1.165) is 16.5 Å². The van der Waals surface area contributed by atoms with E-state index in [-0.39, 0.29) is 5.91 Å². The highest BCUT2D eigenvalue weighted by Crippen LogP contribution is 2.15. The summed E-state index contributed by atoms with van der Waals surface area (Å²) in [5, 5.41) is 5.55. The normalized spacial score (nSPS) is 11.1. The topological polar surface area (TPSA) is 57.2 Å². The number of aromatic nitrogens is 1. The molecule has 0 radical (unpaired) electrons. The summed E-state index contributed by atoms with van der Waals surface area (Å²) in [6.45, 7) is 0. The molecule has 0 atom stereocenters. The second kappa shape index (κ2) is 5.81. The number of halogens is 1. The molecular weight excluding hydrogens is 286 g/mol. The molecule has 0 saturated heterocycles. The lowest BCUT2D eigenvalue weighted by atomic mass is 10.2. The van der Waals surface area contributed by atoms with Gasteiger partial charge in [-0.3, -0.25) is 4.79 Å². The van der Waals surface area contributed by atoms with E-state index in [1.807, 2.05) is 30.5 Å². The van der Waals surface area contributed by atoms with Crippen molar-refractivity contribution in [2.45, 2.75) is 0 Å². The predicted molar refractivity (Wildman–Crippen MR) is 84.8 cm³/mol. The number of carbonyl (C=O) groups excluding carboxylic acids is 1. The van der Waals surface area contributed by atoms with E-state index >= 15 is 0 Å². The number of benzene rings is 2. The molecule has 0 unspecified atom stereocenters. The summed E-state index contributed by atoms with van der Waals surface area (Å²) in [5.74, 6) is -0.298. The fourth-order valence-corrected chi connectivity index (χ4v) is 2.25. The molecular formula is C16H12ClN3O. The Bertz CT molecular complexity index is 823. The van der Waals surface area contributed by atoms with Crippen LogP contribution in [0.1, 0.15) is 15.9 Å². The molecule has 0 fully saturated rings. The van der Waals surface area contributed by atoms with Crippen LogP contribution < -0.4 is 5.43 Å². The summed E-state index contributed by atoms with van der Waals surface area (Å²) in [6, 6.07) is 14.6. The van der Waals surface area contributed by atoms with Crippen LogP contribution in [0.2, 0.25) is 5.02 Å². The molecule has 21 heavy (non-hydrogen) atoms. The van der Waals surface area contributed by atoms with Gasteiger partial charge < -0.3 is 4.98 Å². The average Bonchev–Trinajstić information content (AvgIpc) is 2.91. The molecule has 0 saturated carbocycles. The van der Waals surface area contributed by atoms with E-state index in [4.69, 9.17) is 11.6 Å². The summed E-state index contributed by atoms with van der Waals surface area (Å²) in [6.07, 6.45) is 3.46. The molecule has 0 aliphatic rings. The van der Waals surface area contributed by atoms with Gasteiger partial charge in [-0.1, -0.05) is 35.9 Å². The Morgan fingerprint density at radius 3 is 2.90 bits per heavy atom. The number of para-hydroxylation sites is 1. The minimum atomic E-state index is -0.298. The van der Waals surface area contributed by atoms with E-state index in [0.29, 0.717) is 10.6 Å². The first-order chi connectivity index (χ1) is 10.2. The molecule has 0 spiro atoms. The molecule has 3 rings (SSSR count). The standard InChI is InChI=1S/C16H12ClN3O/c17-13-5-3-4-11(8-13)16(21)20-19-10-12-9-18-15-7-2-1-6-14(12)15/h1-10,18H,(H,20,21)/b19-10+. The molecule has 5 heteroatoms. The van der Waals surface area contributed by atoms with Crippen molar-refractivity contribution in [2.24, 2.45) is 5.10 Å². The summed E-state index contributed by atoms with van der Waals surface area (Å²) in [4.78, 5) is 15.0. The van der Waals surface area contributed by atoms with Gasteiger partial charge in [0, 0.05) is 33.2 Å². The number of hydrogen-bond acceptors (Lipinski definition) is 2. The van der Waals surface area contributed by atoms with Gasteiger partial charge in [0.25, 0.3) is 5.91 Å². The van der Waals surface area contributed by atoms with Gasteiger partial charge in [-0.05, 0) is 24.3 Å². The van der Waals surface area contributed by atoms with Gasteiger partial charge in [0.2, 0.25) is 0 Å². The SMILES string of the molecule is O=C(N/N=C/c1c[nH]c2ccccc12)c1cccc(Cl)c1. The van der Waals surface area contributed by atoms with E-state index in [2.05, 4.69) is 15.5 Å². The third-order valence-corrected chi connectivity index (χ3v) is 3.31. The molecule has 1 amide bonds. The second-order valence-electron chi connectivity index (χ2n) is 4.50. The second-order valence-corrected chi connectivity index (χ2v) is 4.94. The van der Waals surface area contributed by atoms with Crippen LogP contribution >= 0.6 is 11.6 Å². The third kappa shape index (κ3) is 2.95. The number of nitrogens with zero attached hydrogens (tertiary/aromatic N) is 1. The Balaban J connectivity index is 1.74. The van der Waals surface area contributed by atoms with Gasteiger partial charge in [0.15, 0.2) is 0 Å². The average molecular weight is 298 g/mol. The van der Waals surface area contributed by atoms with Crippen molar-refractivity contribution < 1.29 is 4.79 Å². The lowest BCUT2D eigenvalue weighted by Gasteiger charge is -1.99. The Hall–Kier alpha value is -2.59. The van der Waals surface area contributed by atoms with Gasteiger partial charge in [0.05, 0.1) is 6.21 Å². The number of fused-ring (bicyclic) bond motifs is 1. The van der Waals surface area contributed by atoms with Crippen molar-refractivity contribution in [2.75, 3.05) is 0 Å². The highest BCUT2D eigenvalue weighted by Gasteiger charge is 2.04. The largest absolute Gasteiger partial charge is 0.361 e. The quantitative estimate of drug-likeness (QED) is 0.563. The van der Waals surface area contributed by atoms with Crippen LogP contribution in [0.4, 0.5) is 0 Å². The Labute approximate surface area is 126 Å². The number of nitrogens with one attached hydrogen (secondary N) is 2. The molecule has 0 aliphatic carbocycles. The maximum absolute atomic E-state index is 11.9. The molecule has 0 aliphatic heterocycles. The molecule has 2 aromatic carbocycles. The molecule has 0 bridgehead atoms. The first-order valence-corrected chi connectivity index (χ1v) is 6.77. The number of hydrogen-bond donors (Lipinski definition) is 2. The third-order valence-electron chi connectivity index (χ3n) is 3.08. The van der Waals surface area contributed by atoms with Crippen LogP contribution in [0.5, 0.6) is 0 Å². The summed E-state index contributed by atoms with van der Waals surface area (Å²) in [5.41, 5.74) is 4.90. The maximum Gasteiger partial charge on any atom is 0.271 e. The minimum absolute atomic E-state index is 0.298. The van der Waals surface area contributed by atoms with E-state index in [9.17, 15) is 4.79 Å².